The Labute approximate surface area is 171 Å². The highest BCUT2D eigenvalue weighted by atomic mass is 16.1. The molecule has 1 aliphatic heterocycles. The lowest BCUT2D eigenvalue weighted by atomic mass is 9.78. The zero-order chi connectivity index (χ0) is 19.8. The Kier molecular flexibility index (Phi) is 4.44. The smallest absolute Gasteiger partial charge is 0.163 e. The fourth-order valence-electron chi connectivity index (χ4n) is 4.46. The summed E-state index contributed by atoms with van der Waals surface area (Å²) in [5.41, 5.74) is 7.55. The maximum absolute atomic E-state index is 13.4. The van der Waals surface area contributed by atoms with Gasteiger partial charge in [0.1, 0.15) is 0 Å². The summed E-state index contributed by atoms with van der Waals surface area (Å²) in [5, 5.41) is 7.23. The van der Waals surface area contributed by atoms with Crippen molar-refractivity contribution in [2.24, 2.45) is 0 Å². The average Bonchev–Trinajstić information content (AvgIpc) is 2.92. The van der Waals surface area contributed by atoms with Gasteiger partial charge in [0, 0.05) is 17.7 Å². The summed E-state index contributed by atoms with van der Waals surface area (Å²) >= 11 is 0. The minimum atomic E-state index is -0.145. The highest BCUT2D eigenvalue weighted by Gasteiger charge is 2.35. The first kappa shape index (κ1) is 17.7. The molecule has 2 aliphatic rings. The highest BCUT2D eigenvalue weighted by Crippen LogP contribution is 2.44. The van der Waals surface area contributed by atoms with Gasteiger partial charge in [-0.2, -0.15) is 0 Å². The third kappa shape index (κ3) is 3.33. The van der Waals surface area contributed by atoms with Crippen LogP contribution < -0.4 is 10.6 Å². The molecule has 5 rings (SSSR count). The van der Waals surface area contributed by atoms with Crippen LogP contribution in [-0.2, 0) is 4.79 Å². The van der Waals surface area contributed by atoms with Crippen LogP contribution in [0.4, 0.5) is 11.4 Å². The van der Waals surface area contributed by atoms with Crippen LogP contribution in [0.3, 0.4) is 0 Å². The Balaban J connectivity index is 1.60. The molecule has 0 saturated heterocycles. The molecule has 3 nitrogen and oxygen atoms in total. The van der Waals surface area contributed by atoms with Crippen molar-refractivity contribution in [3.63, 3.8) is 0 Å². The van der Waals surface area contributed by atoms with Gasteiger partial charge in [0.05, 0.1) is 17.4 Å². The number of ketones is 1. The van der Waals surface area contributed by atoms with Gasteiger partial charge < -0.3 is 10.6 Å². The van der Waals surface area contributed by atoms with Crippen LogP contribution in [0.1, 0.15) is 41.5 Å². The molecule has 1 aliphatic carbocycles. The van der Waals surface area contributed by atoms with Crippen LogP contribution in [0.25, 0.3) is 0 Å². The average molecular weight is 380 g/mol. The summed E-state index contributed by atoms with van der Waals surface area (Å²) in [5.74, 6) is 0.425. The highest BCUT2D eigenvalue weighted by molar-refractivity contribution is 6.01. The van der Waals surface area contributed by atoms with E-state index in [4.69, 9.17) is 0 Å². The fourth-order valence-corrected chi connectivity index (χ4v) is 4.46. The minimum Gasteiger partial charge on any atom is -0.372 e. The molecule has 1 heterocycles. The lowest BCUT2D eigenvalue weighted by molar-refractivity contribution is -0.116. The molecule has 0 bridgehead atoms. The van der Waals surface area contributed by atoms with E-state index in [-0.39, 0.29) is 17.7 Å². The SMILES string of the molecule is Cc1ccc([C@H]2CC(=O)C3=C(C2)Nc2ccccc2N[C@H]3c2ccccc2)cc1. The van der Waals surface area contributed by atoms with E-state index in [2.05, 4.69) is 66.1 Å². The molecule has 0 aromatic heterocycles. The largest absolute Gasteiger partial charge is 0.372 e. The number of carbonyl (C=O) groups excluding carboxylic acids is 1. The number of allylic oxidation sites excluding steroid dienone is 1. The number of anilines is 2. The van der Waals surface area contributed by atoms with Gasteiger partial charge in [-0.25, -0.2) is 0 Å². The molecule has 2 N–H and O–H groups in total. The number of rotatable bonds is 2. The Morgan fingerprint density at radius 2 is 1.45 bits per heavy atom. The predicted molar refractivity (Wildman–Crippen MR) is 118 cm³/mol. The van der Waals surface area contributed by atoms with Gasteiger partial charge in [-0.15, -0.1) is 0 Å². The normalized spacial score (nSPS) is 20.8. The summed E-state index contributed by atoms with van der Waals surface area (Å²) < 4.78 is 0. The fraction of sp³-hybridized carbons (Fsp3) is 0.192. The van der Waals surface area contributed by atoms with Crippen molar-refractivity contribution in [1.82, 2.24) is 0 Å². The maximum Gasteiger partial charge on any atom is 0.163 e. The maximum atomic E-state index is 13.4. The molecule has 3 aromatic carbocycles. The number of hydrogen-bond donors (Lipinski definition) is 2. The number of aryl methyl sites for hydroxylation is 1. The van der Waals surface area contributed by atoms with E-state index in [1.165, 1.54) is 11.1 Å². The quantitative estimate of drug-likeness (QED) is 0.575. The second-order valence-corrected chi connectivity index (χ2v) is 7.99. The van der Waals surface area contributed by atoms with Gasteiger partial charge in [0.2, 0.25) is 0 Å². The Morgan fingerprint density at radius 3 is 2.21 bits per heavy atom. The topological polar surface area (TPSA) is 41.1 Å². The summed E-state index contributed by atoms with van der Waals surface area (Å²) in [6, 6.07) is 26.9. The first-order valence-electron chi connectivity index (χ1n) is 10.2. The molecule has 2 atom stereocenters. The molecular weight excluding hydrogens is 356 g/mol. The van der Waals surface area contributed by atoms with Crippen LogP contribution in [0, 0.1) is 6.92 Å². The van der Waals surface area contributed by atoms with Crippen LogP contribution in [0.15, 0.2) is 90.1 Å². The van der Waals surface area contributed by atoms with E-state index in [0.29, 0.717) is 6.42 Å². The van der Waals surface area contributed by atoms with Crippen molar-refractivity contribution in [3.8, 4) is 0 Å². The number of para-hydroxylation sites is 2. The zero-order valence-corrected chi connectivity index (χ0v) is 16.5. The summed E-state index contributed by atoms with van der Waals surface area (Å²) in [7, 11) is 0. The van der Waals surface area contributed by atoms with Gasteiger partial charge in [-0.1, -0.05) is 72.3 Å². The molecule has 0 amide bonds. The number of hydrogen-bond acceptors (Lipinski definition) is 3. The summed E-state index contributed by atoms with van der Waals surface area (Å²) in [4.78, 5) is 13.4. The first-order valence-corrected chi connectivity index (χ1v) is 10.2. The van der Waals surface area contributed by atoms with Crippen molar-refractivity contribution in [3.05, 3.63) is 107 Å². The molecule has 0 unspecified atom stereocenters. The molecule has 3 aromatic rings. The van der Waals surface area contributed by atoms with Gasteiger partial charge in [0.25, 0.3) is 0 Å². The van der Waals surface area contributed by atoms with E-state index in [0.717, 1.165) is 34.6 Å². The Morgan fingerprint density at radius 1 is 0.759 bits per heavy atom. The second kappa shape index (κ2) is 7.25. The summed E-state index contributed by atoms with van der Waals surface area (Å²) in [6.07, 6.45) is 1.38. The first-order chi connectivity index (χ1) is 14.2. The third-order valence-electron chi connectivity index (χ3n) is 5.99. The van der Waals surface area contributed by atoms with Gasteiger partial charge in [0.15, 0.2) is 5.78 Å². The number of Topliss-reactive ketones (excluding diaryl/α,β-unsaturated/α-hetero) is 1. The van der Waals surface area contributed by atoms with Crippen LogP contribution >= 0.6 is 0 Å². The molecule has 29 heavy (non-hydrogen) atoms. The number of carbonyl (C=O) groups is 1. The standard InChI is InChI=1S/C26H24N2O/c1-17-11-13-18(14-12-17)20-15-23-25(24(29)16-20)26(19-7-3-2-4-8-19)28-22-10-6-5-9-21(22)27-23/h2-14,20,26-28H,15-16H2,1H3/t20-,26+/m1/s1. The molecular formula is C26H24N2O. The molecule has 144 valence electrons. The Bertz CT molecular complexity index is 1080. The summed E-state index contributed by atoms with van der Waals surface area (Å²) in [6.45, 7) is 2.09. The van der Waals surface area contributed by atoms with E-state index in [9.17, 15) is 4.79 Å². The zero-order valence-electron chi connectivity index (χ0n) is 16.5. The molecule has 0 spiro atoms. The van der Waals surface area contributed by atoms with Crippen molar-refractivity contribution in [2.45, 2.75) is 31.7 Å². The monoisotopic (exact) mass is 380 g/mol. The van der Waals surface area contributed by atoms with Crippen molar-refractivity contribution < 1.29 is 4.79 Å². The Hall–Kier alpha value is -3.33. The van der Waals surface area contributed by atoms with Gasteiger partial charge >= 0.3 is 0 Å². The number of benzene rings is 3. The van der Waals surface area contributed by atoms with E-state index < -0.39 is 0 Å². The van der Waals surface area contributed by atoms with Crippen molar-refractivity contribution in [2.75, 3.05) is 10.6 Å². The van der Waals surface area contributed by atoms with Crippen molar-refractivity contribution >= 4 is 17.2 Å². The molecule has 3 heteroatoms. The predicted octanol–water partition coefficient (Wildman–Crippen LogP) is 5.97. The minimum absolute atomic E-state index is 0.145. The van der Waals surface area contributed by atoms with E-state index in [1.54, 1.807) is 0 Å². The van der Waals surface area contributed by atoms with E-state index >= 15 is 0 Å². The lowest BCUT2D eigenvalue weighted by Gasteiger charge is -2.30. The molecule has 0 radical (unpaired) electrons. The van der Waals surface area contributed by atoms with Crippen LogP contribution in [0.2, 0.25) is 0 Å². The number of fused-ring (bicyclic) bond motifs is 1. The lowest BCUT2D eigenvalue weighted by Crippen LogP contribution is -2.26. The third-order valence-corrected chi connectivity index (χ3v) is 5.99. The van der Waals surface area contributed by atoms with Crippen molar-refractivity contribution in [1.29, 1.82) is 0 Å². The van der Waals surface area contributed by atoms with Gasteiger partial charge in [-0.3, -0.25) is 4.79 Å². The van der Waals surface area contributed by atoms with E-state index in [1.807, 2.05) is 30.3 Å². The second-order valence-electron chi connectivity index (χ2n) is 7.99. The molecule has 0 fully saturated rings. The van der Waals surface area contributed by atoms with Gasteiger partial charge in [-0.05, 0) is 42.5 Å². The molecule has 0 saturated carbocycles. The van der Waals surface area contributed by atoms with Crippen LogP contribution in [-0.4, -0.2) is 5.78 Å². The van der Waals surface area contributed by atoms with Crippen LogP contribution in [0.5, 0.6) is 0 Å². The number of nitrogens with one attached hydrogen (secondary N) is 2.